The van der Waals surface area contributed by atoms with Crippen LogP contribution in [-0.4, -0.2) is 31.8 Å². The van der Waals surface area contributed by atoms with Gasteiger partial charge in [0.1, 0.15) is 6.61 Å². The average Bonchev–Trinajstić information content (AvgIpc) is 2.45. The van der Waals surface area contributed by atoms with Crippen molar-refractivity contribution in [2.45, 2.75) is 33.2 Å². The number of rotatable bonds is 7. The van der Waals surface area contributed by atoms with Gasteiger partial charge in [0.15, 0.2) is 5.96 Å². The number of aliphatic imine (C=N–C) groups is 1. The van der Waals surface area contributed by atoms with Gasteiger partial charge < -0.3 is 15.4 Å². The van der Waals surface area contributed by atoms with Crippen molar-refractivity contribution in [3.05, 3.63) is 35.4 Å². The van der Waals surface area contributed by atoms with Crippen LogP contribution in [0.15, 0.2) is 29.3 Å². The van der Waals surface area contributed by atoms with Crippen molar-refractivity contribution in [1.29, 1.82) is 0 Å². The van der Waals surface area contributed by atoms with Crippen LogP contribution in [0.5, 0.6) is 0 Å². The molecule has 0 unspecified atom stereocenters. The Morgan fingerprint density at radius 2 is 1.59 bits per heavy atom. The highest BCUT2D eigenvalue weighted by Crippen LogP contribution is 2.15. The van der Waals surface area contributed by atoms with Crippen LogP contribution in [0.3, 0.4) is 0 Å². The second-order valence-corrected chi connectivity index (χ2v) is 4.65. The Hall–Kier alpha value is -1.76. The summed E-state index contributed by atoms with van der Waals surface area (Å²) in [5.74, 6) is 0.739. The van der Waals surface area contributed by atoms with Crippen molar-refractivity contribution in [2.75, 3.05) is 19.7 Å². The molecule has 0 bridgehead atoms. The van der Waals surface area contributed by atoms with Crippen molar-refractivity contribution >= 4 is 5.96 Å². The molecular formula is C15H22F3N3O. The van der Waals surface area contributed by atoms with Gasteiger partial charge in [-0.3, -0.25) is 0 Å². The Morgan fingerprint density at radius 3 is 2.09 bits per heavy atom. The van der Waals surface area contributed by atoms with Crippen molar-refractivity contribution < 1.29 is 17.9 Å². The van der Waals surface area contributed by atoms with Gasteiger partial charge in [-0.25, -0.2) is 4.99 Å². The van der Waals surface area contributed by atoms with Gasteiger partial charge in [-0.05, 0) is 25.0 Å². The van der Waals surface area contributed by atoms with Crippen LogP contribution in [0.25, 0.3) is 0 Å². The third-order valence-corrected chi connectivity index (χ3v) is 2.67. The first-order chi connectivity index (χ1) is 10.4. The first kappa shape index (κ1) is 18.3. The lowest BCUT2D eigenvalue weighted by molar-refractivity contribution is -0.176. The highest BCUT2D eigenvalue weighted by molar-refractivity contribution is 5.79. The summed E-state index contributed by atoms with van der Waals surface area (Å²) in [7, 11) is 0. The zero-order valence-electron chi connectivity index (χ0n) is 12.8. The molecule has 0 aliphatic heterocycles. The number of ether oxygens (including phenoxy) is 1. The lowest BCUT2D eigenvalue weighted by Gasteiger charge is -2.09. The third kappa shape index (κ3) is 7.87. The summed E-state index contributed by atoms with van der Waals surface area (Å²) in [5.41, 5.74) is 1.68. The first-order valence-corrected chi connectivity index (χ1v) is 7.19. The summed E-state index contributed by atoms with van der Waals surface area (Å²) in [6.45, 7) is 4.75. The number of nitrogens with one attached hydrogen (secondary N) is 2. The van der Waals surface area contributed by atoms with Gasteiger partial charge in [-0.2, -0.15) is 13.2 Å². The van der Waals surface area contributed by atoms with Crippen molar-refractivity contribution in [3.8, 4) is 0 Å². The van der Waals surface area contributed by atoms with Gasteiger partial charge in [0.25, 0.3) is 0 Å². The molecule has 0 aliphatic carbocycles. The van der Waals surface area contributed by atoms with Crippen LogP contribution in [0.2, 0.25) is 0 Å². The zero-order chi connectivity index (χ0) is 16.4. The zero-order valence-corrected chi connectivity index (χ0v) is 12.8. The smallest absolute Gasteiger partial charge is 0.367 e. The Labute approximate surface area is 128 Å². The number of halogens is 3. The molecule has 124 valence electrons. The molecule has 0 fully saturated rings. The Bertz CT molecular complexity index is 450. The van der Waals surface area contributed by atoms with E-state index in [1.54, 1.807) is 12.1 Å². The number of nitrogens with zero attached hydrogens (tertiary/aromatic N) is 1. The SMILES string of the molecule is CCNC(=NCc1ccc(COCC(F)(F)F)cc1)NCC. The second kappa shape index (κ2) is 9.30. The number of benzene rings is 1. The van der Waals surface area contributed by atoms with E-state index in [1.165, 1.54) is 0 Å². The van der Waals surface area contributed by atoms with E-state index in [4.69, 9.17) is 0 Å². The fourth-order valence-electron chi connectivity index (χ4n) is 1.71. The van der Waals surface area contributed by atoms with Crippen LogP contribution in [0.1, 0.15) is 25.0 Å². The van der Waals surface area contributed by atoms with Crippen molar-refractivity contribution in [3.63, 3.8) is 0 Å². The molecule has 2 N–H and O–H groups in total. The summed E-state index contributed by atoms with van der Waals surface area (Å²) in [6, 6.07) is 7.18. The van der Waals surface area contributed by atoms with Gasteiger partial charge >= 0.3 is 6.18 Å². The van der Waals surface area contributed by atoms with Crippen LogP contribution in [0, 0.1) is 0 Å². The standard InChI is InChI=1S/C15H22F3N3O/c1-3-19-14(20-4-2)21-9-12-5-7-13(8-6-12)10-22-11-15(16,17)18/h5-8H,3-4,9-11H2,1-2H3,(H2,19,20,21). The van der Waals surface area contributed by atoms with E-state index in [0.717, 1.165) is 24.6 Å². The molecule has 1 aromatic rings. The molecule has 1 aromatic carbocycles. The van der Waals surface area contributed by atoms with E-state index in [-0.39, 0.29) is 6.61 Å². The predicted molar refractivity (Wildman–Crippen MR) is 80.6 cm³/mol. The van der Waals surface area contributed by atoms with Crippen LogP contribution < -0.4 is 10.6 Å². The fourth-order valence-corrected chi connectivity index (χ4v) is 1.71. The lowest BCUT2D eigenvalue weighted by Crippen LogP contribution is -2.36. The highest BCUT2D eigenvalue weighted by Gasteiger charge is 2.27. The maximum atomic E-state index is 12.0. The molecular weight excluding hydrogens is 295 g/mol. The van der Waals surface area contributed by atoms with Crippen LogP contribution >= 0.6 is 0 Å². The number of hydrogen-bond acceptors (Lipinski definition) is 2. The molecule has 22 heavy (non-hydrogen) atoms. The molecule has 0 saturated heterocycles. The first-order valence-electron chi connectivity index (χ1n) is 7.19. The van der Waals surface area contributed by atoms with Crippen molar-refractivity contribution in [2.24, 2.45) is 4.99 Å². The Morgan fingerprint density at radius 1 is 1.05 bits per heavy atom. The summed E-state index contributed by atoms with van der Waals surface area (Å²) in [5, 5.41) is 6.24. The summed E-state index contributed by atoms with van der Waals surface area (Å²) >= 11 is 0. The molecule has 0 aromatic heterocycles. The van der Waals surface area contributed by atoms with E-state index >= 15 is 0 Å². The highest BCUT2D eigenvalue weighted by atomic mass is 19.4. The number of alkyl halides is 3. The second-order valence-electron chi connectivity index (χ2n) is 4.65. The third-order valence-electron chi connectivity index (χ3n) is 2.67. The molecule has 4 nitrogen and oxygen atoms in total. The fraction of sp³-hybridized carbons (Fsp3) is 0.533. The minimum Gasteiger partial charge on any atom is -0.367 e. The van der Waals surface area contributed by atoms with Gasteiger partial charge in [0.2, 0.25) is 0 Å². The molecule has 0 amide bonds. The summed E-state index contributed by atoms with van der Waals surface area (Å²) in [6.07, 6.45) is -4.29. The summed E-state index contributed by atoms with van der Waals surface area (Å²) < 4.78 is 40.5. The topological polar surface area (TPSA) is 45.7 Å². The monoisotopic (exact) mass is 317 g/mol. The van der Waals surface area contributed by atoms with Gasteiger partial charge in [0, 0.05) is 13.1 Å². The molecule has 0 saturated carbocycles. The predicted octanol–water partition coefficient (Wildman–Crippen LogP) is 2.84. The van der Waals surface area contributed by atoms with E-state index < -0.39 is 12.8 Å². The van der Waals surface area contributed by atoms with Crippen LogP contribution in [-0.2, 0) is 17.9 Å². The van der Waals surface area contributed by atoms with Gasteiger partial charge in [-0.1, -0.05) is 24.3 Å². The van der Waals surface area contributed by atoms with Crippen molar-refractivity contribution in [1.82, 2.24) is 10.6 Å². The molecule has 0 aliphatic rings. The minimum absolute atomic E-state index is 0.0525. The van der Waals surface area contributed by atoms with E-state index in [9.17, 15) is 13.2 Å². The summed E-state index contributed by atoms with van der Waals surface area (Å²) in [4.78, 5) is 4.41. The maximum absolute atomic E-state index is 12.0. The largest absolute Gasteiger partial charge is 0.411 e. The molecule has 0 spiro atoms. The molecule has 0 radical (unpaired) electrons. The van der Waals surface area contributed by atoms with E-state index in [0.29, 0.717) is 12.1 Å². The number of hydrogen-bond donors (Lipinski definition) is 2. The lowest BCUT2D eigenvalue weighted by atomic mass is 10.1. The molecule has 0 atom stereocenters. The minimum atomic E-state index is -4.29. The van der Waals surface area contributed by atoms with Gasteiger partial charge in [0.05, 0.1) is 13.2 Å². The Kier molecular flexibility index (Phi) is 7.73. The quantitative estimate of drug-likeness (QED) is 0.600. The van der Waals surface area contributed by atoms with E-state index in [1.807, 2.05) is 26.0 Å². The molecule has 1 rings (SSSR count). The Balaban J connectivity index is 2.48. The molecule has 0 heterocycles. The molecule has 7 heteroatoms. The average molecular weight is 317 g/mol. The normalized spacial score (nSPS) is 11.1. The van der Waals surface area contributed by atoms with E-state index in [2.05, 4.69) is 20.4 Å². The van der Waals surface area contributed by atoms with Crippen LogP contribution in [0.4, 0.5) is 13.2 Å². The number of guanidine groups is 1. The van der Waals surface area contributed by atoms with Gasteiger partial charge in [-0.15, -0.1) is 0 Å². The maximum Gasteiger partial charge on any atom is 0.411 e.